The van der Waals surface area contributed by atoms with Crippen LogP contribution in [0.15, 0.2) is 54.7 Å². The topological polar surface area (TPSA) is 24.9 Å². The predicted octanol–water partition coefficient (Wildman–Crippen LogP) is 4.13. The Hall–Kier alpha value is -2.42. The van der Waals surface area contributed by atoms with Crippen LogP contribution in [0.2, 0.25) is 0 Å². The van der Waals surface area contributed by atoms with E-state index in [0.29, 0.717) is 11.3 Å². The fourth-order valence-electron chi connectivity index (χ4n) is 3.06. The summed E-state index contributed by atoms with van der Waals surface area (Å²) in [6.07, 6.45) is 2.39. The first kappa shape index (κ1) is 12.3. The van der Waals surface area contributed by atoms with Gasteiger partial charge in [0.05, 0.1) is 6.20 Å². The molecule has 1 N–H and O–H groups in total. The highest BCUT2D eigenvalue weighted by Gasteiger charge is 2.25. The number of hydrogen-bond donors (Lipinski definition) is 1. The van der Waals surface area contributed by atoms with E-state index in [-0.39, 0.29) is 5.82 Å². The van der Waals surface area contributed by atoms with Gasteiger partial charge in [-0.25, -0.2) is 9.37 Å². The minimum absolute atomic E-state index is 0.273. The maximum Gasteiger partial charge on any atom is 0.149 e. The fourth-order valence-corrected chi connectivity index (χ4v) is 3.06. The van der Waals surface area contributed by atoms with Gasteiger partial charge >= 0.3 is 0 Å². The van der Waals surface area contributed by atoms with Crippen molar-refractivity contribution >= 4 is 16.6 Å². The van der Waals surface area contributed by atoms with Crippen molar-refractivity contribution in [2.45, 2.75) is 12.3 Å². The number of anilines is 1. The monoisotopic (exact) mass is 278 g/mol. The largest absolute Gasteiger partial charge is 0.369 e. The van der Waals surface area contributed by atoms with Crippen LogP contribution < -0.4 is 5.32 Å². The number of benzene rings is 2. The van der Waals surface area contributed by atoms with E-state index in [2.05, 4.69) is 34.6 Å². The summed E-state index contributed by atoms with van der Waals surface area (Å²) in [5.74, 6) is 1.01. The normalized spacial score (nSPS) is 16.3. The molecule has 2 aromatic carbocycles. The molecule has 0 saturated heterocycles. The second-order valence-electron chi connectivity index (χ2n) is 5.48. The smallest absolute Gasteiger partial charge is 0.149 e. The Morgan fingerprint density at radius 2 is 1.81 bits per heavy atom. The molecule has 1 aliphatic carbocycles. The third kappa shape index (κ3) is 2.05. The third-order valence-corrected chi connectivity index (χ3v) is 4.22. The SMILES string of the molecule is Fc1cnc(NCC2Cc3ccccc32)c2ccccc12. The lowest BCUT2D eigenvalue weighted by Crippen LogP contribution is -2.24. The van der Waals surface area contributed by atoms with Crippen LogP contribution in [0.5, 0.6) is 0 Å². The molecule has 4 rings (SSSR count). The van der Waals surface area contributed by atoms with Gasteiger partial charge in [-0.15, -0.1) is 0 Å². The van der Waals surface area contributed by atoms with Gasteiger partial charge in [-0.05, 0) is 17.5 Å². The predicted molar refractivity (Wildman–Crippen MR) is 83.1 cm³/mol. The lowest BCUT2D eigenvalue weighted by molar-refractivity contribution is 0.629. The Bertz CT molecular complexity index is 813. The number of rotatable bonds is 3. The maximum absolute atomic E-state index is 13.7. The highest BCUT2D eigenvalue weighted by Crippen LogP contribution is 2.35. The first-order chi connectivity index (χ1) is 10.3. The quantitative estimate of drug-likeness (QED) is 0.779. The van der Waals surface area contributed by atoms with Crippen LogP contribution in [-0.2, 0) is 6.42 Å². The van der Waals surface area contributed by atoms with Crippen molar-refractivity contribution in [1.82, 2.24) is 4.98 Å². The summed E-state index contributed by atoms with van der Waals surface area (Å²) in [5, 5.41) is 4.83. The summed E-state index contributed by atoms with van der Waals surface area (Å²) in [6.45, 7) is 0.833. The number of pyridine rings is 1. The Morgan fingerprint density at radius 1 is 1.05 bits per heavy atom. The van der Waals surface area contributed by atoms with Crippen LogP contribution in [0.25, 0.3) is 10.8 Å². The second kappa shape index (κ2) is 4.85. The molecular formula is C18H15FN2. The van der Waals surface area contributed by atoms with Gasteiger partial charge in [0, 0.05) is 23.2 Å². The summed E-state index contributed by atoms with van der Waals surface area (Å²) < 4.78 is 13.7. The zero-order valence-corrected chi connectivity index (χ0v) is 11.5. The average molecular weight is 278 g/mol. The molecule has 1 heterocycles. The van der Waals surface area contributed by atoms with Gasteiger partial charge in [0.1, 0.15) is 11.6 Å². The Kier molecular flexibility index (Phi) is 2.85. The van der Waals surface area contributed by atoms with Crippen molar-refractivity contribution in [1.29, 1.82) is 0 Å². The number of nitrogens with zero attached hydrogens (tertiary/aromatic N) is 1. The first-order valence-electron chi connectivity index (χ1n) is 7.18. The minimum atomic E-state index is -0.273. The van der Waals surface area contributed by atoms with Crippen LogP contribution in [0.1, 0.15) is 17.0 Å². The number of nitrogens with one attached hydrogen (secondary N) is 1. The summed E-state index contributed by atoms with van der Waals surface area (Å²) in [5.41, 5.74) is 2.85. The third-order valence-electron chi connectivity index (χ3n) is 4.22. The molecule has 3 aromatic rings. The first-order valence-corrected chi connectivity index (χ1v) is 7.18. The number of halogens is 1. The fraction of sp³-hybridized carbons (Fsp3) is 0.167. The second-order valence-corrected chi connectivity index (χ2v) is 5.48. The van der Waals surface area contributed by atoms with Gasteiger partial charge in [0.25, 0.3) is 0 Å². The molecule has 0 saturated carbocycles. The van der Waals surface area contributed by atoms with E-state index < -0.39 is 0 Å². The van der Waals surface area contributed by atoms with Gasteiger partial charge < -0.3 is 5.32 Å². The van der Waals surface area contributed by atoms with Crippen molar-refractivity contribution in [2.24, 2.45) is 0 Å². The van der Waals surface area contributed by atoms with E-state index in [4.69, 9.17) is 0 Å². The number of fused-ring (bicyclic) bond motifs is 2. The van der Waals surface area contributed by atoms with E-state index in [1.165, 1.54) is 17.3 Å². The van der Waals surface area contributed by atoms with E-state index in [9.17, 15) is 4.39 Å². The molecule has 21 heavy (non-hydrogen) atoms. The van der Waals surface area contributed by atoms with Crippen LogP contribution in [-0.4, -0.2) is 11.5 Å². The molecule has 1 aromatic heterocycles. The van der Waals surface area contributed by atoms with Crippen LogP contribution in [0.4, 0.5) is 10.2 Å². The minimum Gasteiger partial charge on any atom is -0.369 e. The Labute approximate surface area is 122 Å². The molecule has 1 atom stereocenters. The molecule has 0 bridgehead atoms. The van der Waals surface area contributed by atoms with Crippen LogP contribution in [0.3, 0.4) is 0 Å². The van der Waals surface area contributed by atoms with E-state index in [1.54, 1.807) is 6.07 Å². The van der Waals surface area contributed by atoms with Crippen molar-refractivity contribution in [3.8, 4) is 0 Å². The standard InChI is InChI=1S/C18H15FN2/c19-17-11-21-18(16-8-4-3-7-15(16)17)20-10-13-9-12-5-1-2-6-14(12)13/h1-8,11,13H,9-10H2,(H,20,21). The highest BCUT2D eigenvalue weighted by atomic mass is 19.1. The highest BCUT2D eigenvalue weighted by molar-refractivity contribution is 5.92. The number of aromatic nitrogens is 1. The molecule has 1 unspecified atom stereocenters. The van der Waals surface area contributed by atoms with Gasteiger partial charge in [-0.2, -0.15) is 0 Å². The van der Waals surface area contributed by atoms with Crippen molar-refractivity contribution in [3.05, 3.63) is 71.7 Å². The molecule has 1 aliphatic rings. The molecule has 2 nitrogen and oxygen atoms in total. The summed E-state index contributed by atoms with van der Waals surface area (Å²) in [7, 11) is 0. The van der Waals surface area contributed by atoms with E-state index in [0.717, 1.165) is 24.2 Å². The molecule has 104 valence electrons. The lowest BCUT2D eigenvalue weighted by atomic mass is 9.77. The lowest BCUT2D eigenvalue weighted by Gasteiger charge is -2.30. The zero-order valence-electron chi connectivity index (χ0n) is 11.5. The van der Waals surface area contributed by atoms with Crippen LogP contribution in [0, 0.1) is 5.82 Å². The van der Waals surface area contributed by atoms with Gasteiger partial charge in [0.15, 0.2) is 0 Å². The summed E-state index contributed by atoms with van der Waals surface area (Å²) in [4.78, 5) is 4.21. The summed E-state index contributed by atoms with van der Waals surface area (Å²) in [6, 6.07) is 16.0. The van der Waals surface area contributed by atoms with E-state index in [1.807, 2.05) is 18.2 Å². The molecule has 0 radical (unpaired) electrons. The molecule has 0 amide bonds. The molecular weight excluding hydrogens is 263 g/mol. The van der Waals surface area contributed by atoms with Crippen molar-refractivity contribution in [2.75, 3.05) is 11.9 Å². The molecule has 0 aliphatic heterocycles. The average Bonchev–Trinajstić information content (AvgIpc) is 2.50. The Balaban J connectivity index is 1.58. The van der Waals surface area contributed by atoms with Gasteiger partial charge in [-0.1, -0.05) is 48.5 Å². The van der Waals surface area contributed by atoms with Gasteiger partial charge in [0.2, 0.25) is 0 Å². The maximum atomic E-state index is 13.7. The Morgan fingerprint density at radius 3 is 2.67 bits per heavy atom. The van der Waals surface area contributed by atoms with Gasteiger partial charge in [-0.3, -0.25) is 0 Å². The summed E-state index contributed by atoms with van der Waals surface area (Å²) >= 11 is 0. The zero-order chi connectivity index (χ0) is 14.2. The number of hydrogen-bond acceptors (Lipinski definition) is 2. The van der Waals surface area contributed by atoms with Crippen molar-refractivity contribution in [3.63, 3.8) is 0 Å². The molecule has 0 spiro atoms. The van der Waals surface area contributed by atoms with Crippen molar-refractivity contribution < 1.29 is 4.39 Å². The van der Waals surface area contributed by atoms with E-state index >= 15 is 0 Å². The van der Waals surface area contributed by atoms with Crippen LogP contribution >= 0.6 is 0 Å². The molecule has 0 fully saturated rings. The molecule has 3 heteroatoms.